The Morgan fingerprint density at radius 1 is 1.50 bits per heavy atom. The van der Waals surface area contributed by atoms with Crippen LogP contribution in [-0.4, -0.2) is 30.6 Å². The van der Waals surface area contributed by atoms with Gasteiger partial charge in [0.25, 0.3) is 0 Å². The smallest absolute Gasteiger partial charge is 0.0328 e. The Hall–Kier alpha value is 0.1000. The van der Waals surface area contributed by atoms with Gasteiger partial charge < -0.3 is 5.32 Å². The predicted octanol–water partition coefficient (Wildman–Crippen LogP) is 3.08. The highest BCUT2D eigenvalue weighted by atomic mass is 79.9. The van der Waals surface area contributed by atoms with E-state index in [0.29, 0.717) is 0 Å². The number of piperidine rings is 1. The molecule has 0 amide bonds. The first-order valence-electron chi connectivity index (χ1n) is 5.96. The fourth-order valence-electron chi connectivity index (χ4n) is 2.24. The van der Waals surface area contributed by atoms with E-state index in [1.54, 1.807) is 0 Å². The van der Waals surface area contributed by atoms with Crippen molar-refractivity contribution in [3.8, 4) is 0 Å². The summed E-state index contributed by atoms with van der Waals surface area (Å²) in [6.07, 6.45) is 2.58. The average Bonchev–Trinajstić information content (AvgIpc) is 2.67. The zero-order valence-corrected chi connectivity index (χ0v) is 12.1. The number of hydrogen-bond acceptors (Lipinski definition) is 3. The first kappa shape index (κ1) is 12.6. The van der Waals surface area contributed by atoms with Crippen molar-refractivity contribution in [1.82, 2.24) is 10.2 Å². The minimum atomic E-state index is 0.747. The molecule has 2 nitrogen and oxygen atoms in total. The maximum absolute atomic E-state index is 3.54. The molecule has 0 aromatic carbocycles. The molecule has 1 saturated heterocycles. The molecule has 0 spiro atoms. The molecule has 0 unspecified atom stereocenters. The van der Waals surface area contributed by atoms with E-state index in [0.717, 1.165) is 19.1 Å². The Bertz CT molecular complexity index is 319. The van der Waals surface area contributed by atoms with Crippen molar-refractivity contribution in [2.45, 2.75) is 32.4 Å². The molecule has 90 valence electrons. The Morgan fingerprint density at radius 2 is 2.25 bits per heavy atom. The van der Waals surface area contributed by atoms with E-state index in [9.17, 15) is 0 Å². The molecule has 1 aromatic rings. The van der Waals surface area contributed by atoms with Gasteiger partial charge in [0, 0.05) is 27.3 Å². The first-order valence-corrected chi connectivity index (χ1v) is 7.64. The van der Waals surface area contributed by atoms with Crippen LogP contribution in [0.15, 0.2) is 15.9 Å². The molecule has 0 radical (unpaired) electrons. The van der Waals surface area contributed by atoms with Crippen LogP contribution < -0.4 is 5.32 Å². The van der Waals surface area contributed by atoms with Gasteiger partial charge in [-0.1, -0.05) is 6.92 Å². The maximum Gasteiger partial charge on any atom is 0.0328 e. The Balaban J connectivity index is 1.77. The molecule has 0 saturated carbocycles. The van der Waals surface area contributed by atoms with Crippen molar-refractivity contribution in [3.63, 3.8) is 0 Å². The summed E-state index contributed by atoms with van der Waals surface area (Å²) in [5, 5.41) is 5.71. The van der Waals surface area contributed by atoms with E-state index in [2.05, 4.69) is 44.5 Å². The lowest BCUT2D eigenvalue weighted by Gasteiger charge is -2.31. The van der Waals surface area contributed by atoms with Crippen molar-refractivity contribution in [3.05, 3.63) is 20.8 Å². The van der Waals surface area contributed by atoms with E-state index in [1.165, 1.54) is 35.3 Å². The van der Waals surface area contributed by atoms with Crippen LogP contribution in [0.25, 0.3) is 0 Å². The van der Waals surface area contributed by atoms with Gasteiger partial charge in [-0.3, -0.25) is 4.90 Å². The van der Waals surface area contributed by atoms with Crippen molar-refractivity contribution in [1.29, 1.82) is 0 Å². The summed E-state index contributed by atoms with van der Waals surface area (Å²) < 4.78 is 1.22. The second-order valence-corrected chi connectivity index (χ2v) is 6.25. The lowest BCUT2D eigenvalue weighted by molar-refractivity contribution is 0.193. The molecule has 1 fully saturated rings. The van der Waals surface area contributed by atoms with Crippen LogP contribution in [0.5, 0.6) is 0 Å². The zero-order chi connectivity index (χ0) is 11.4. The lowest BCUT2D eigenvalue weighted by Crippen LogP contribution is -2.41. The van der Waals surface area contributed by atoms with Gasteiger partial charge in [-0.2, -0.15) is 0 Å². The molecule has 4 heteroatoms. The standard InChI is InChI=1S/C12H19BrN2S/c1-2-14-11-3-5-15(6-4-11)8-12-7-10(13)9-16-12/h7,9,11,14H,2-6,8H2,1H3. The third kappa shape index (κ3) is 3.55. The molecule has 1 aliphatic rings. The van der Waals surface area contributed by atoms with Crippen molar-refractivity contribution < 1.29 is 0 Å². The zero-order valence-electron chi connectivity index (χ0n) is 9.71. The number of hydrogen-bond donors (Lipinski definition) is 1. The van der Waals surface area contributed by atoms with E-state index in [-0.39, 0.29) is 0 Å². The first-order chi connectivity index (χ1) is 7.78. The third-order valence-corrected chi connectivity index (χ3v) is 4.76. The summed E-state index contributed by atoms with van der Waals surface area (Å²) in [6.45, 7) is 6.87. The third-order valence-electron chi connectivity index (χ3n) is 3.08. The Kier molecular flexibility index (Phi) is 4.82. The summed E-state index contributed by atoms with van der Waals surface area (Å²) in [4.78, 5) is 4.03. The maximum atomic E-state index is 3.54. The van der Waals surface area contributed by atoms with Gasteiger partial charge in [-0.25, -0.2) is 0 Å². The van der Waals surface area contributed by atoms with E-state index in [4.69, 9.17) is 0 Å². The number of rotatable bonds is 4. The second-order valence-electron chi connectivity index (χ2n) is 4.34. The number of halogens is 1. The Labute approximate surface area is 110 Å². The van der Waals surface area contributed by atoms with E-state index >= 15 is 0 Å². The Morgan fingerprint density at radius 3 is 2.81 bits per heavy atom. The minimum Gasteiger partial charge on any atom is -0.314 e. The average molecular weight is 303 g/mol. The number of nitrogens with zero attached hydrogens (tertiary/aromatic N) is 1. The molecule has 0 atom stereocenters. The highest BCUT2D eigenvalue weighted by Gasteiger charge is 2.18. The fraction of sp³-hybridized carbons (Fsp3) is 0.667. The number of likely N-dealkylation sites (tertiary alicyclic amines) is 1. The van der Waals surface area contributed by atoms with Gasteiger partial charge in [0.1, 0.15) is 0 Å². The van der Waals surface area contributed by atoms with Gasteiger partial charge in [0.2, 0.25) is 0 Å². The molecule has 0 aliphatic carbocycles. The molecule has 1 aromatic heterocycles. The molecule has 16 heavy (non-hydrogen) atoms. The largest absolute Gasteiger partial charge is 0.314 e. The molecular weight excluding hydrogens is 284 g/mol. The lowest BCUT2D eigenvalue weighted by atomic mass is 10.1. The molecule has 2 heterocycles. The van der Waals surface area contributed by atoms with Crippen molar-refractivity contribution >= 4 is 27.3 Å². The van der Waals surface area contributed by atoms with Crippen LogP contribution in [0, 0.1) is 0 Å². The van der Waals surface area contributed by atoms with Crippen LogP contribution in [-0.2, 0) is 6.54 Å². The molecule has 0 bridgehead atoms. The van der Waals surface area contributed by atoms with Gasteiger partial charge >= 0.3 is 0 Å². The second kappa shape index (κ2) is 6.15. The number of nitrogens with one attached hydrogen (secondary N) is 1. The van der Waals surface area contributed by atoms with Crippen LogP contribution in [0.1, 0.15) is 24.6 Å². The molecule has 2 rings (SSSR count). The van der Waals surface area contributed by atoms with Gasteiger partial charge in [0.15, 0.2) is 0 Å². The summed E-state index contributed by atoms with van der Waals surface area (Å²) >= 11 is 5.36. The minimum absolute atomic E-state index is 0.747. The summed E-state index contributed by atoms with van der Waals surface area (Å²) in [6, 6.07) is 2.98. The fourth-order valence-corrected chi connectivity index (χ4v) is 3.73. The van der Waals surface area contributed by atoms with Gasteiger partial charge in [-0.15, -0.1) is 11.3 Å². The van der Waals surface area contributed by atoms with Crippen LogP contribution >= 0.6 is 27.3 Å². The predicted molar refractivity (Wildman–Crippen MR) is 74.0 cm³/mol. The van der Waals surface area contributed by atoms with Crippen LogP contribution in [0.3, 0.4) is 0 Å². The normalized spacial score (nSPS) is 19.1. The quantitative estimate of drug-likeness (QED) is 0.919. The topological polar surface area (TPSA) is 15.3 Å². The SMILES string of the molecule is CCNC1CCN(Cc2cc(Br)cs2)CC1. The highest BCUT2D eigenvalue weighted by Crippen LogP contribution is 2.22. The van der Waals surface area contributed by atoms with Crippen molar-refractivity contribution in [2.75, 3.05) is 19.6 Å². The van der Waals surface area contributed by atoms with E-state index in [1.807, 2.05) is 11.3 Å². The molecule has 1 N–H and O–H groups in total. The molecule has 1 aliphatic heterocycles. The van der Waals surface area contributed by atoms with Gasteiger partial charge in [-0.05, 0) is 54.5 Å². The highest BCUT2D eigenvalue weighted by molar-refractivity contribution is 9.10. The molecular formula is C12H19BrN2S. The van der Waals surface area contributed by atoms with Gasteiger partial charge in [0.05, 0.1) is 0 Å². The van der Waals surface area contributed by atoms with Crippen LogP contribution in [0.2, 0.25) is 0 Å². The van der Waals surface area contributed by atoms with Crippen molar-refractivity contribution in [2.24, 2.45) is 0 Å². The van der Waals surface area contributed by atoms with Crippen LogP contribution in [0.4, 0.5) is 0 Å². The monoisotopic (exact) mass is 302 g/mol. The van der Waals surface area contributed by atoms with E-state index < -0.39 is 0 Å². The summed E-state index contributed by atoms with van der Waals surface area (Å²) in [5.74, 6) is 0. The summed E-state index contributed by atoms with van der Waals surface area (Å²) in [5.41, 5.74) is 0. The summed E-state index contributed by atoms with van der Waals surface area (Å²) in [7, 11) is 0. The number of thiophene rings is 1.